The van der Waals surface area contributed by atoms with Gasteiger partial charge in [0.1, 0.15) is 12.2 Å². The van der Waals surface area contributed by atoms with Crippen molar-refractivity contribution in [2.24, 2.45) is 4.99 Å². The smallest absolute Gasteiger partial charge is 0.414 e. The van der Waals surface area contributed by atoms with Crippen LogP contribution < -0.4 is 10.6 Å². The minimum Gasteiger partial charge on any atom is -0.445 e. The van der Waals surface area contributed by atoms with Crippen molar-refractivity contribution in [2.75, 3.05) is 13.1 Å². The van der Waals surface area contributed by atoms with E-state index in [1.807, 2.05) is 91.0 Å². The molecule has 4 rings (SSSR count). The van der Waals surface area contributed by atoms with Gasteiger partial charge in [-0.15, -0.1) is 0 Å². The average molecular weight is 557 g/mol. The van der Waals surface area contributed by atoms with Crippen molar-refractivity contribution in [3.05, 3.63) is 108 Å². The third kappa shape index (κ3) is 7.51. The Hall–Kier alpha value is -4.66. The maximum atomic E-state index is 14.2. The normalized spacial score (nSPS) is 14.3. The van der Waals surface area contributed by atoms with Crippen LogP contribution in [0, 0.1) is 0 Å². The van der Waals surface area contributed by atoms with Crippen molar-refractivity contribution < 1.29 is 23.9 Å². The van der Waals surface area contributed by atoms with Gasteiger partial charge in [-0.1, -0.05) is 91.0 Å². The number of alkyl carbamates (subject to hydrolysis) is 2. The standard InChI is InChI=1S/C32H36N4O5/c1-31(2,3)41-30(39)34-28-35-32(25-17-9-5-10-18-25,26-19-11-6-12-20-26)27(37)36(28)22-14-13-21-33-29(38)40-23-24-15-7-4-8-16-24/h4-12,15-20H,13-14,21-23H2,1-3H3,(H,33,38)(H,34,35,39). The molecule has 41 heavy (non-hydrogen) atoms. The Morgan fingerprint density at radius 1 is 0.829 bits per heavy atom. The Morgan fingerprint density at radius 2 is 1.39 bits per heavy atom. The van der Waals surface area contributed by atoms with Crippen molar-refractivity contribution in [2.45, 2.75) is 51.4 Å². The summed E-state index contributed by atoms with van der Waals surface area (Å²) >= 11 is 0. The number of carbonyl (C=O) groups is 3. The molecular formula is C32H36N4O5. The first kappa shape index (κ1) is 29.3. The van der Waals surface area contributed by atoms with Crippen LogP contribution in [0.2, 0.25) is 0 Å². The predicted molar refractivity (Wildman–Crippen MR) is 156 cm³/mol. The molecule has 3 aromatic rings. The SMILES string of the molecule is CC(C)(C)OC(=O)NC1=NC(c2ccccc2)(c2ccccc2)C(=O)N1CCCCNC(=O)OCc1ccccc1. The summed E-state index contributed by atoms with van der Waals surface area (Å²) in [7, 11) is 0. The number of rotatable bonds is 9. The minimum absolute atomic E-state index is 0.118. The van der Waals surface area contributed by atoms with Crippen LogP contribution in [0.1, 0.15) is 50.3 Å². The number of nitrogens with zero attached hydrogens (tertiary/aromatic N) is 2. The third-order valence-electron chi connectivity index (χ3n) is 6.37. The molecule has 9 nitrogen and oxygen atoms in total. The van der Waals surface area contributed by atoms with Gasteiger partial charge < -0.3 is 14.8 Å². The lowest BCUT2D eigenvalue weighted by Gasteiger charge is -2.27. The third-order valence-corrected chi connectivity index (χ3v) is 6.37. The topological polar surface area (TPSA) is 109 Å². The Balaban J connectivity index is 1.47. The number of amides is 3. The van der Waals surface area contributed by atoms with Crippen LogP contribution in [0.4, 0.5) is 9.59 Å². The van der Waals surface area contributed by atoms with Gasteiger partial charge >= 0.3 is 12.2 Å². The van der Waals surface area contributed by atoms with Gasteiger partial charge in [-0.2, -0.15) is 0 Å². The highest BCUT2D eigenvalue weighted by Crippen LogP contribution is 2.40. The molecule has 1 aliphatic heterocycles. The van der Waals surface area contributed by atoms with Crippen molar-refractivity contribution in [1.82, 2.24) is 15.5 Å². The first-order chi connectivity index (χ1) is 19.7. The highest BCUT2D eigenvalue weighted by Gasteiger charge is 2.51. The molecule has 0 saturated heterocycles. The number of unbranched alkanes of at least 4 members (excludes halogenated alkanes) is 1. The number of hydrogen-bond donors (Lipinski definition) is 2. The van der Waals surface area contributed by atoms with E-state index in [4.69, 9.17) is 14.5 Å². The molecule has 3 aromatic carbocycles. The molecule has 0 bridgehead atoms. The molecule has 1 aliphatic rings. The summed E-state index contributed by atoms with van der Waals surface area (Å²) in [6, 6.07) is 28.0. The molecule has 9 heteroatoms. The summed E-state index contributed by atoms with van der Waals surface area (Å²) in [5.41, 5.74) is 0.177. The summed E-state index contributed by atoms with van der Waals surface area (Å²) in [4.78, 5) is 45.4. The molecular weight excluding hydrogens is 520 g/mol. The lowest BCUT2D eigenvalue weighted by molar-refractivity contribution is -0.130. The molecule has 214 valence electrons. The van der Waals surface area contributed by atoms with E-state index in [-0.39, 0.29) is 25.0 Å². The van der Waals surface area contributed by atoms with Crippen molar-refractivity contribution >= 4 is 24.1 Å². The highest BCUT2D eigenvalue weighted by atomic mass is 16.6. The van der Waals surface area contributed by atoms with E-state index in [0.717, 1.165) is 5.56 Å². The first-order valence-electron chi connectivity index (χ1n) is 13.7. The van der Waals surface area contributed by atoms with Crippen LogP contribution >= 0.6 is 0 Å². The van der Waals surface area contributed by atoms with E-state index in [1.54, 1.807) is 20.8 Å². The van der Waals surface area contributed by atoms with Gasteiger partial charge in [-0.25, -0.2) is 14.6 Å². The van der Waals surface area contributed by atoms with Crippen LogP contribution in [-0.4, -0.2) is 47.6 Å². The second-order valence-electron chi connectivity index (χ2n) is 10.7. The van der Waals surface area contributed by atoms with Gasteiger partial charge in [-0.3, -0.25) is 15.0 Å². The molecule has 2 N–H and O–H groups in total. The van der Waals surface area contributed by atoms with Gasteiger partial charge in [0.05, 0.1) is 0 Å². The molecule has 0 unspecified atom stereocenters. The predicted octanol–water partition coefficient (Wildman–Crippen LogP) is 5.36. The number of aliphatic imine (C=N–C) groups is 1. The van der Waals surface area contributed by atoms with Gasteiger partial charge in [0.25, 0.3) is 5.91 Å². The average Bonchev–Trinajstić information content (AvgIpc) is 3.23. The zero-order valence-electron chi connectivity index (χ0n) is 23.6. The molecule has 0 aromatic heterocycles. The van der Waals surface area contributed by atoms with Gasteiger partial charge in [0.15, 0.2) is 5.54 Å². The lowest BCUT2D eigenvalue weighted by Crippen LogP contribution is -2.47. The van der Waals surface area contributed by atoms with Gasteiger partial charge in [0, 0.05) is 13.1 Å². The summed E-state index contributed by atoms with van der Waals surface area (Å²) in [6.45, 7) is 6.12. The maximum absolute atomic E-state index is 14.2. The zero-order chi connectivity index (χ0) is 29.3. The molecule has 0 atom stereocenters. The van der Waals surface area contributed by atoms with Crippen LogP contribution in [0.15, 0.2) is 96.0 Å². The van der Waals surface area contributed by atoms with Crippen LogP contribution in [0.25, 0.3) is 0 Å². The monoisotopic (exact) mass is 556 g/mol. The van der Waals surface area contributed by atoms with Gasteiger partial charge in [0.2, 0.25) is 5.96 Å². The van der Waals surface area contributed by atoms with Crippen molar-refractivity contribution in [3.63, 3.8) is 0 Å². The first-order valence-corrected chi connectivity index (χ1v) is 13.7. The zero-order valence-corrected chi connectivity index (χ0v) is 23.6. The van der Waals surface area contributed by atoms with E-state index in [0.29, 0.717) is 30.5 Å². The van der Waals surface area contributed by atoms with E-state index in [9.17, 15) is 14.4 Å². The Morgan fingerprint density at radius 3 is 1.95 bits per heavy atom. The second kappa shape index (κ2) is 13.1. The van der Waals surface area contributed by atoms with E-state index in [2.05, 4.69) is 10.6 Å². The molecule has 0 aliphatic carbocycles. The van der Waals surface area contributed by atoms with Crippen molar-refractivity contribution in [3.8, 4) is 0 Å². The van der Waals surface area contributed by atoms with Crippen molar-refractivity contribution in [1.29, 1.82) is 0 Å². The Bertz CT molecular complexity index is 1320. The van der Waals surface area contributed by atoms with Crippen LogP contribution in [0.3, 0.4) is 0 Å². The maximum Gasteiger partial charge on any atom is 0.414 e. The molecule has 0 radical (unpaired) electrons. The number of hydrogen-bond acceptors (Lipinski definition) is 6. The van der Waals surface area contributed by atoms with Gasteiger partial charge in [-0.05, 0) is 50.3 Å². The second-order valence-corrected chi connectivity index (χ2v) is 10.7. The highest BCUT2D eigenvalue weighted by molar-refractivity contribution is 6.12. The lowest BCUT2D eigenvalue weighted by atomic mass is 9.83. The molecule has 1 heterocycles. The molecule has 0 saturated carbocycles. The minimum atomic E-state index is -1.37. The van der Waals surface area contributed by atoms with E-state index in [1.165, 1.54) is 4.90 Å². The molecule has 3 amide bonds. The number of nitrogens with one attached hydrogen (secondary N) is 2. The fraction of sp³-hybridized carbons (Fsp3) is 0.312. The van der Waals surface area contributed by atoms with E-state index < -0.39 is 23.3 Å². The van der Waals surface area contributed by atoms with Crippen LogP contribution in [0.5, 0.6) is 0 Å². The summed E-state index contributed by atoms with van der Waals surface area (Å²) in [5, 5.41) is 5.45. The molecule has 0 fully saturated rings. The number of carbonyl (C=O) groups excluding carboxylic acids is 3. The summed E-state index contributed by atoms with van der Waals surface area (Å²) in [5.74, 6) is -0.164. The summed E-state index contributed by atoms with van der Waals surface area (Å²) in [6.07, 6.45) is -0.0894. The fourth-order valence-electron chi connectivity index (χ4n) is 4.52. The largest absolute Gasteiger partial charge is 0.445 e. The fourth-order valence-corrected chi connectivity index (χ4v) is 4.52. The quantitative estimate of drug-likeness (QED) is 0.345. The van der Waals surface area contributed by atoms with E-state index >= 15 is 0 Å². The molecule has 0 spiro atoms. The Kier molecular flexibility index (Phi) is 9.39. The number of guanidine groups is 1. The summed E-state index contributed by atoms with van der Waals surface area (Å²) < 4.78 is 10.7. The number of benzene rings is 3. The van der Waals surface area contributed by atoms with Crippen LogP contribution in [-0.2, 0) is 26.4 Å². The number of ether oxygens (including phenoxy) is 2. The Labute approximate surface area is 240 Å².